The molecule has 1 saturated heterocycles. The van der Waals surface area contributed by atoms with E-state index in [0.29, 0.717) is 0 Å². The topological polar surface area (TPSA) is 21.3 Å². The molecule has 1 heterocycles. The number of rotatable bonds is 3. The van der Waals surface area contributed by atoms with Crippen molar-refractivity contribution in [3.8, 4) is 5.75 Å². The molecule has 1 aliphatic heterocycles. The molecule has 0 aromatic heterocycles. The third-order valence-corrected chi connectivity index (χ3v) is 3.70. The van der Waals surface area contributed by atoms with Crippen LogP contribution in [0.5, 0.6) is 5.75 Å². The second-order valence-corrected chi connectivity index (χ2v) is 6.48. The Hall–Kier alpha value is -1.02. The molecule has 100 valence electrons. The molecule has 1 fully saturated rings. The number of benzene rings is 1. The maximum atomic E-state index is 5.71. The minimum atomic E-state index is 0.129. The molecule has 1 aromatic carbocycles. The molecule has 1 aliphatic rings. The van der Waals surface area contributed by atoms with E-state index in [9.17, 15) is 0 Å². The average molecular weight is 247 g/mol. The average Bonchev–Trinajstić information content (AvgIpc) is 2.21. The molecule has 0 atom stereocenters. The van der Waals surface area contributed by atoms with Crippen LogP contribution in [0.3, 0.4) is 0 Å². The van der Waals surface area contributed by atoms with Gasteiger partial charge in [-0.3, -0.25) is 0 Å². The number of aryl methyl sites for hydroxylation is 1. The molecule has 0 radical (unpaired) electrons. The molecular formula is C16H25NO. The third-order valence-electron chi connectivity index (χ3n) is 3.70. The van der Waals surface area contributed by atoms with E-state index in [0.717, 1.165) is 31.2 Å². The number of hydrogen-bond acceptors (Lipinski definition) is 2. The highest BCUT2D eigenvalue weighted by atomic mass is 16.5. The molecule has 2 rings (SSSR count). The molecule has 0 bridgehead atoms. The van der Waals surface area contributed by atoms with Crippen LogP contribution < -0.4 is 10.1 Å². The number of ether oxygens (including phenoxy) is 1. The Morgan fingerprint density at radius 2 is 1.94 bits per heavy atom. The molecule has 2 heteroatoms. The molecule has 18 heavy (non-hydrogen) atoms. The fourth-order valence-electron chi connectivity index (χ4n) is 2.60. The lowest BCUT2D eigenvalue weighted by Crippen LogP contribution is -2.43. The molecule has 1 aromatic rings. The Morgan fingerprint density at radius 1 is 1.28 bits per heavy atom. The van der Waals surface area contributed by atoms with Crippen LogP contribution in [0.2, 0.25) is 0 Å². The van der Waals surface area contributed by atoms with Crippen molar-refractivity contribution in [2.45, 2.75) is 39.5 Å². The van der Waals surface area contributed by atoms with Crippen molar-refractivity contribution in [2.24, 2.45) is 5.92 Å². The van der Waals surface area contributed by atoms with Crippen molar-refractivity contribution in [2.75, 3.05) is 20.2 Å². The third kappa shape index (κ3) is 2.69. The summed E-state index contributed by atoms with van der Waals surface area (Å²) in [5, 5.41) is 3.34. The first kappa shape index (κ1) is 13.4. The summed E-state index contributed by atoms with van der Waals surface area (Å²) in [6, 6.07) is 4.55. The van der Waals surface area contributed by atoms with Crippen LogP contribution in [0.25, 0.3) is 0 Å². The van der Waals surface area contributed by atoms with Crippen molar-refractivity contribution >= 4 is 0 Å². The minimum Gasteiger partial charge on any atom is -0.496 e. The number of hydrogen-bond donors (Lipinski definition) is 1. The van der Waals surface area contributed by atoms with E-state index in [1.807, 2.05) is 0 Å². The first-order valence-electron chi connectivity index (χ1n) is 6.80. The van der Waals surface area contributed by atoms with Crippen molar-refractivity contribution in [3.05, 3.63) is 28.8 Å². The van der Waals surface area contributed by atoms with E-state index >= 15 is 0 Å². The predicted molar refractivity (Wildman–Crippen MR) is 76.5 cm³/mol. The summed E-state index contributed by atoms with van der Waals surface area (Å²) in [5.41, 5.74) is 4.16. The van der Waals surface area contributed by atoms with E-state index in [-0.39, 0.29) is 5.41 Å². The van der Waals surface area contributed by atoms with E-state index in [1.54, 1.807) is 7.11 Å². The minimum absolute atomic E-state index is 0.129. The highest BCUT2D eigenvalue weighted by molar-refractivity contribution is 5.48. The van der Waals surface area contributed by atoms with Gasteiger partial charge >= 0.3 is 0 Å². The number of nitrogens with one attached hydrogen (secondary N) is 1. The molecule has 0 aliphatic carbocycles. The van der Waals surface area contributed by atoms with Crippen LogP contribution in [0.1, 0.15) is 37.5 Å². The van der Waals surface area contributed by atoms with Crippen LogP contribution in [0, 0.1) is 12.8 Å². The highest BCUT2D eigenvalue weighted by Crippen LogP contribution is 2.36. The lowest BCUT2D eigenvalue weighted by molar-refractivity contribution is 0.336. The summed E-state index contributed by atoms with van der Waals surface area (Å²) in [4.78, 5) is 0. The van der Waals surface area contributed by atoms with Crippen molar-refractivity contribution < 1.29 is 4.74 Å². The van der Waals surface area contributed by atoms with Crippen LogP contribution >= 0.6 is 0 Å². The standard InChI is InChI=1S/C16H25NO/c1-11-6-13(8-12-9-17-10-12)15(18-5)14(7-11)16(2,3)4/h6-7,12,17H,8-10H2,1-5H3. The van der Waals surface area contributed by atoms with Gasteiger partial charge in [0, 0.05) is 5.56 Å². The zero-order valence-electron chi connectivity index (χ0n) is 12.3. The van der Waals surface area contributed by atoms with Gasteiger partial charge in [0.05, 0.1) is 7.11 Å². The Bertz CT molecular complexity index is 427. The second-order valence-electron chi connectivity index (χ2n) is 6.48. The van der Waals surface area contributed by atoms with Gasteiger partial charge in [-0.2, -0.15) is 0 Å². The fourth-order valence-corrected chi connectivity index (χ4v) is 2.60. The summed E-state index contributed by atoms with van der Waals surface area (Å²) in [6.07, 6.45) is 1.13. The van der Waals surface area contributed by atoms with Gasteiger partial charge < -0.3 is 10.1 Å². The molecule has 2 nitrogen and oxygen atoms in total. The van der Waals surface area contributed by atoms with Gasteiger partial charge in [0.2, 0.25) is 0 Å². The zero-order valence-corrected chi connectivity index (χ0v) is 12.3. The van der Waals surface area contributed by atoms with Gasteiger partial charge in [-0.1, -0.05) is 38.5 Å². The monoisotopic (exact) mass is 247 g/mol. The fraction of sp³-hybridized carbons (Fsp3) is 0.625. The maximum Gasteiger partial charge on any atom is 0.125 e. The molecular weight excluding hydrogens is 222 g/mol. The quantitative estimate of drug-likeness (QED) is 0.886. The predicted octanol–water partition coefficient (Wildman–Crippen LogP) is 3.06. The van der Waals surface area contributed by atoms with Crippen molar-refractivity contribution in [3.63, 3.8) is 0 Å². The normalized spacial score (nSPS) is 16.5. The van der Waals surface area contributed by atoms with Gasteiger partial charge in [0.25, 0.3) is 0 Å². The summed E-state index contributed by atoms with van der Waals surface area (Å²) >= 11 is 0. The largest absolute Gasteiger partial charge is 0.496 e. The van der Waals surface area contributed by atoms with Crippen LogP contribution in [-0.2, 0) is 11.8 Å². The van der Waals surface area contributed by atoms with Crippen molar-refractivity contribution in [1.29, 1.82) is 0 Å². The Kier molecular flexibility index (Phi) is 3.67. The smallest absolute Gasteiger partial charge is 0.125 e. The highest BCUT2D eigenvalue weighted by Gasteiger charge is 2.24. The number of methoxy groups -OCH3 is 1. The van der Waals surface area contributed by atoms with Gasteiger partial charge in [-0.05, 0) is 43.3 Å². The van der Waals surface area contributed by atoms with Gasteiger partial charge in [0.15, 0.2) is 0 Å². The Labute approximate surface area is 111 Å². The second kappa shape index (κ2) is 4.93. The lowest BCUT2D eigenvalue weighted by atomic mass is 9.82. The first-order valence-corrected chi connectivity index (χ1v) is 6.80. The van der Waals surface area contributed by atoms with Crippen molar-refractivity contribution in [1.82, 2.24) is 5.32 Å². The van der Waals surface area contributed by atoms with E-state index < -0.39 is 0 Å². The summed E-state index contributed by atoms with van der Waals surface area (Å²) < 4.78 is 5.71. The Balaban J connectivity index is 2.40. The summed E-state index contributed by atoms with van der Waals surface area (Å²) in [7, 11) is 1.79. The molecule has 0 unspecified atom stereocenters. The van der Waals surface area contributed by atoms with Gasteiger partial charge in [0.1, 0.15) is 5.75 Å². The van der Waals surface area contributed by atoms with Gasteiger partial charge in [-0.25, -0.2) is 0 Å². The zero-order chi connectivity index (χ0) is 13.3. The van der Waals surface area contributed by atoms with E-state index in [1.165, 1.54) is 16.7 Å². The molecule has 1 N–H and O–H groups in total. The molecule has 0 amide bonds. The Morgan fingerprint density at radius 3 is 2.39 bits per heavy atom. The van der Waals surface area contributed by atoms with Crippen LogP contribution in [0.4, 0.5) is 0 Å². The van der Waals surface area contributed by atoms with Crippen LogP contribution in [0.15, 0.2) is 12.1 Å². The molecule has 0 spiro atoms. The summed E-state index contributed by atoms with van der Waals surface area (Å²) in [6.45, 7) is 11.2. The van der Waals surface area contributed by atoms with Crippen LogP contribution in [-0.4, -0.2) is 20.2 Å². The first-order chi connectivity index (χ1) is 8.41. The molecule has 0 saturated carbocycles. The van der Waals surface area contributed by atoms with E-state index in [2.05, 4.69) is 45.1 Å². The SMILES string of the molecule is COc1c(CC2CNC2)cc(C)cc1C(C)(C)C. The van der Waals surface area contributed by atoms with Gasteiger partial charge in [-0.15, -0.1) is 0 Å². The van der Waals surface area contributed by atoms with E-state index in [4.69, 9.17) is 4.74 Å². The lowest BCUT2D eigenvalue weighted by Gasteiger charge is -2.30. The summed E-state index contributed by atoms with van der Waals surface area (Å²) in [5.74, 6) is 1.87. The maximum absolute atomic E-state index is 5.71.